The van der Waals surface area contributed by atoms with Gasteiger partial charge in [-0.1, -0.05) is 57.4 Å². The van der Waals surface area contributed by atoms with Crippen molar-refractivity contribution in [1.82, 2.24) is 4.90 Å². The topological polar surface area (TPSA) is 36.3 Å². The Balaban J connectivity index is 4.35. The molecule has 116 valence electrons. The Morgan fingerprint density at radius 1 is 1.15 bits per heavy atom. The molecule has 0 unspecified atom stereocenters. The van der Waals surface area contributed by atoms with Crippen LogP contribution in [0.4, 0.5) is 0 Å². The Morgan fingerprint density at radius 2 is 1.70 bits per heavy atom. The van der Waals surface area contributed by atoms with Crippen LogP contribution in [0.3, 0.4) is 0 Å². The first-order chi connectivity index (χ1) is 9.40. The van der Waals surface area contributed by atoms with Gasteiger partial charge < -0.3 is 9.64 Å². The van der Waals surface area contributed by atoms with Crippen molar-refractivity contribution in [1.29, 1.82) is 5.41 Å². The monoisotopic (exact) mass is 280 g/mol. The predicted octanol–water partition coefficient (Wildman–Crippen LogP) is 4.61. The number of hydrogen-bond donors (Lipinski definition) is 1. The molecule has 3 heteroatoms. The van der Waals surface area contributed by atoms with Crippen LogP contribution in [-0.2, 0) is 4.74 Å². The summed E-state index contributed by atoms with van der Waals surface area (Å²) in [6.45, 7) is 18.1. The van der Waals surface area contributed by atoms with Crippen LogP contribution in [0.15, 0.2) is 24.3 Å². The number of amidine groups is 1. The van der Waals surface area contributed by atoms with E-state index in [9.17, 15) is 0 Å². The summed E-state index contributed by atoms with van der Waals surface area (Å²) in [6.07, 6.45) is 4.73. The Kier molecular flexibility index (Phi) is 9.87. The molecule has 0 aromatic rings. The molecule has 1 N–H and O–H groups in total. The molecule has 0 saturated heterocycles. The van der Waals surface area contributed by atoms with Crippen molar-refractivity contribution < 1.29 is 4.74 Å². The van der Waals surface area contributed by atoms with E-state index in [4.69, 9.17) is 10.1 Å². The average molecular weight is 280 g/mol. The minimum Gasteiger partial charge on any atom is -0.465 e. The van der Waals surface area contributed by atoms with Crippen molar-refractivity contribution in [3.8, 4) is 0 Å². The molecule has 0 aliphatic rings. The van der Waals surface area contributed by atoms with E-state index in [1.54, 1.807) is 0 Å². The number of nitrogens with one attached hydrogen (secondary N) is 1. The third kappa shape index (κ3) is 8.78. The highest BCUT2D eigenvalue weighted by Crippen LogP contribution is 2.13. The van der Waals surface area contributed by atoms with Crippen molar-refractivity contribution in [2.75, 3.05) is 19.7 Å². The van der Waals surface area contributed by atoms with Crippen LogP contribution < -0.4 is 0 Å². The third-order valence-corrected chi connectivity index (χ3v) is 3.21. The van der Waals surface area contributed by atoms with Gasteiger partial charge in [0.05, 0.1) is 6.61 Å². The Labute approximate surface area is 125 Å². The molecule has 0 heterocycles. The largest absolute Gasteiger partial charge is 0.465 e. The summed E-state index contributed by atoms with van der Waals surface area (Å²) < 4.78 is 5.68. The molecule has 0 amide bonds. The van der Waals surface area contributed by atoms with Gasteiger partial charge in [0.2, 0.25) is 0 Å². The SMILES string of the molecule is C=C(C)CN(CC(=C)C)C(=N)OC[C@H](CC)CCCC. The highest BCUT2D eigenvalue weighted by molar-refractivity contribution is 5.71. The molecular formula is C17H32N2O. The zero-order valence-electron chi connectivity index (χ0n) is 13.8. The van der Waals surface area contributed by atoms with Gasteiger partial charge in [0.25, 0.3) is 6.02 Å². The maximum atomic E-state index is 8.10. The summed E-state index contributed by atoms with van der Waals surface area (Å²) in [5, 5.41) is 8.10. The van der Waals surface area contributed by atoms with E-state index in [0.29, 0.717) is 25.6 Å². The fourth-order valence-electron chi connectivity index (χ4n) is 2.04. The quantitative estimate of drug-likeness (QED) is 0.360. The second-order valence-electron chi connectivity index (χ2n) is 5.80. The van der Waals surface area contributed by atoms with Gasteiger partial charge in [0.15, 0.2) is 0 Å². The number of unbranched alkanes of at least 4 members (excludes halogenated alkanes) is 1. The number of rotatable bonds is 10. The molecule has 0 aromatic carbocycles. The molecule has 0 saturated carbocycles. The van der Waals surface area contributed by atoms with Crippen LogP contribution in [0.5, 0.6) is 0 Å². The van der Waals surface area contributed by atoms with Crippen molar-refractivity contribution in [2.24, 2.45) is 5.92 Å². The van der Waals surface area contributed by atoms with E-state index >= 15 is 0 Å². The second-order valence-corrected chi connectivity index (χ2v) is 5.80. The molecule has 0 aliphatic carbocycles. The van der Waals surface area contributed by atoms with E-state index in [-0.39, 0.29) is 6.02 Å². The Hall–Kier alpha value is -1.25. The van der Waals surface area contributed by atoms with Crippen LogP contribution in [0.25, 0.3) is 0 Å². The number of nitrogens with zero attached hydrogens (tertiary/aromatic N) is 1. The summed E-state index contributed by atoms with van der Waals surface area (Å²) in [5.74, 6) is 0.548. The Bertz CT molecular complexity index is 307. The van der Waals surface area contributed by atoms with Crippen LogP contribution >= 0.6 is 0 Å². The fourth-order valence-corrected chi connectivity index (χ4v) is 2.04. The molecule has 0 fully saturated rings. The maximum absolute atomic E-state index is 8.10. The van der Waals surface area contributed by atoms with Crippen LogP contribution in [0, 0.1) is 11.3 Å². The molecule has 0 radical (unpaired) electrons. The van der Waals surface area contributed by atoms with Gasteiger partial charge in [-0.15, -0.1) is 0 Å². The lowest BCUT2D eigenvalue weighted by molar-refractivity contribution is 0.184. The van der Waals surface area contributed by atoms with Crippen LogP contribution in [-0.4, -0.2) is 30.6 Å². The number of hydrogen-bond acceptors (Lipinski definition) is 2. The molecule has 20 heavy (non-hydrogen) atoms. The van der Waals surface area contributed by atoms with E-state index < -0.39 is 0 Å². The first kappa shape index (κ1) is 18.8. The number of ether oxygens (including phenoxy) is 1. The molecule has 0 aliphatic heterocycles. The predicted molar refractivity (Wildman–Crippen MR) is 88.2 cm³/mol. The standard InChI is InChI=1S/C17H32N2O/c1-7-9-10-16(8-2)13-20-17(18)19(11-14(3)4)12-15(5)6/h16,18H,3,5,7-13H2,1-2,4,6H3/t16-/m1/s1. The highest BCUT2D eigenvalue weighted by Gasteiger charge is 2.14. The van der Waals surface area contributed by atoms with Gasteiger partial charge >= 0.3 is 0 Å². The molecule has 0 rings (SSSR count). The van der Waals surface area contributed by atoms with E-state index in [1.807, 2.05) is 18.7 Å². The summed E-state index contributed by atoms with van der Waals surface area (Å²) in [5.41, 5.74) is 2.05. The first-order valence-electron chi connectivity index (χ1n) is 7.65. The zero-order valence-corrected chi connectivity index (χ0v) is 13.8. The Morgan fingerprint density at radius 3 is 2.10 bits per heavy atom. The molecule has 0 aromatic heterocycles. The third-order valence-electron chi connectivity index (χ3n) is 3.21. The molecule has 0 spiro atoms. The van der Waals surface area contributed by atoms with E-state index in [2.05, 4.69) is 27.0 Å². The van der Waals surface area contributed by atoms with Gasteiger partial charge in [-0.2, -0.15) is 0 Å². The summed E-state index contributed by atoms with van der Waals surface area (Å²) in [7, 11) is 0. The fraction of sp³-hybridized carbons (Fsp3) is 0.706. The van der Waals surface area contributed by atoms with Crippen molar-refractivity contribution in [2.45, 2.75) is 53.4 Å². The van der Waals surface area contributed by atoms with Gasteiger partial charge in [-0.3, -0.25) is 5.41 Å². The summed E-state index contributed by atoms with van der Waals surface area (Å²) in [6, 6.07) is 0.242. The smallest absolute Gasteiger partial charge is 0.284 e. The van der Waals surface area contributed by atoms with Gasteiger partial charge in [-0.05, 0) is 26.2 Å². The van der Waals surface area contributed by atoms with Crippen LogP contribution in [0.1, 0.15) is 53.4 Å². The molecule has 1 atom stereocenters. The molecule has 3 nitrogen and oxygen atoms in total. The lowest BCUT2D eigenvalue weighted by Gasteiger charge is -2.26. The maximum Gasteiger partial charge on any atom is 0.284 e. The van der Waals surface area contributed by atoms with Gasteiger partial charge in [-0.25, -0.2) is 0 Å². The summed E-state index contributed by atoms with van der Waals surface area (Å²) >= 11 is 0. The van der Waals surface area contributed by atoms with Gasteiger partial charge in [0, 0.05) is 13.1 Å². The van der Waals surface area contributed by atoms with Crippen molar-refractivity contribution in [3.63, 3.8) is 0 Å². The molecule has 0 bridgehead atoms. The molecular weight excluding hydrogens is 248 g/mol. The van der Waals surface area contributed by atoms with Gasteiger partial charge in [0.1, 0.15) is 0 Å². The van der Waals surface area contributed by atoms with E-state index in [1.165, 1.54) is 19.3 Å². The lowest BCUT2D eigenvalue weighted by Crippen LogP contribution is -2.35. The van der Waals surface area contributed by atoms with Crippen molar-refractivity contribution in [3.05, 3.63) is 24.3 Å². The summed E-state index contributed by atoms with van der Waals surface area (Å²) in [4.78, 5) is 1.89. The highest BCUT2D eigenvalue weighted by atomic mass is 16.5. The first-order valence-corrected chi connectivity index (χ1v) is 7.65. The zero-order chi connectivity index (χ0) is 15.5. The lowest BCUT2D eigenvalue weighted by atomic mass is 10.0. The van der Waals surface area contributed by atoms with Crippen molar-refractivity contribution >= 4 is 6.02 Å². The second kappa shape index (κ2) is 10.5. The van der Waals surface area contributed by atoms with Crippen LogP contribution in [0.2, 0.25) is 0 Å². The average Bonchev–Trinajstić information content (AvgIpc) is 2.36. The minimum atomic E-state index is 0.242. The van der Waals surface area contributed by atoms with E-state index in [0.717, 1.165) is 17.6 Å². The normalized spacial score (nSPS) is 11.8. The minimum absolute atomic E-state index is 0.242.